The van der Waals surface area contributed by atoms with Crippen molar-refractivity contribution >= 4 is 11.1 Å². The molecule has 2 heterocycles. The number of nitrogens with zero attached hydrogens (tertiary/aromatic N) is 3. The highest BCUT2D eigenvalue weighted by Gasteiger charge is 2.20. The van der Waals surface area contributed by atoms with Crippen molar-refractivity contribution in [3.63, 3.8) is 0 Å². The van der Waals surface area contributed by atoms with Crippen LogP contribution in [-0.4, -0.2) is 14.5 Å². The number of para-hydroxylation sites is 2. The molecule has 0 N–H and O–H groups in total. The lowest BCUT2D eigenvalue weighted by Gasteiger charge is -2.18. The summed E-state index contributed by atoms with van der Waals surface area (Å²) < 4.78 is 8.14. The van der Waals surface area contributed by atoms with Crippen molar-refractivity contribution in [3.8, 4) is 39.3 Å². The number of benzene rings is 4. The Bertz CT molecular complexity index is 1510. The van der Waals surface area contributed by atoms with Crippen LogP contribution in [0.25, 0.3) is 50.4 Å². The Morgan fingerprint density at radius 3 is 1.94 bits per heavy atom. The molecule has 0 spiro atoms. The van der Waals surface area contributed by atoms with Gasteiger partial charge >= 0.3 is 0 Å². The summed E-state index contributed by atoms with van der Waals surface area (Å²) in [5.41, 5.74) is 8.15. The molecule has 0 saturated carbocycles. The molecule has 158 valence electrons. The lowest BCUT2D eigenvalue weighted by molar-refractivity contribution is 0.561. The maximum Gasteiger partial charge on any atom is 0.192 e. The lowest BCUT2D eigenvalue weighted by atomic mass is 9.95. The summed E-state index contributed by atoms with van der Waals surface area (Å²) in [6.07, 6.45) is 3.86. The van der Waals surface area contributed by atoms with Gasteiger partial charge in [-0.3, -0.25) is 4.57 Å². The summed E-state index contributed by atoms with van der Waals surface area (Å²) in [6.45, 7) is 1.87. The Hall–Kier alpha value is -4.44. The average molecular weight is 428 g/mol. The molecule has 4 heteroatoms. The molecule has 2 aromatic heterocycles. The second-order valence-electron chi connectivity index (χ2n) is 7.94. The maximum atomic E-state index is 5.98. The van der Waals surface area contributed by atoms with Gasteiger partial charge in [-0.25, -0.2) is 9.97 Å². The Morgan fingerprint density at radius 1 is 0.667 bits per heavy atom. The minimum Gasteiger partial charge on any atom is -0.440 e. The summed E-state index contributed by atoms with van der Waals surface area (Å²) in [5.74, 6) is 1.46. The van der Waals surface area contributed by atoms with E-state index >= 15 is 0 Å². The highest BCUT2D eigenvalue weighted by Crippen LogP contribution is 2.38. The number of hydrogen-bond acceptors (Lipinski definition) is 3. The third-order valence-electron chi connectivity index (χ3n) is 5.85. The lowest BCUT2D eigenvalue weighted by Crippen LogP contribution is -2.02. The predicted molar refractivity (Wildman–Crippen MR) is 132 cm³/mol. The molecule has 0 radical (unpaired) electrons. The molecular formula is C29H21N3O. The van der Waals surface area contributed by atoms with Gasteiger partial charge in [0.1, 0.15) is 11.3 Å². The van der Waals surface area contributed by atoms with Crippen LogP contribution in [0.1, 0.15) is 5.89 Å². The fourth-order valence-corrected chi connectivity index (χ4v) is 4.42. The van der Waals surface area contributed by atoms with Crippen LogP contribution in [-0.2, 0) is 0 Å². The SMILES string of the molecule is Cc1nc2cccc(-c3nccn3-c3c(-c4ccccc4)cccc3-c3ccccc3)c2o1. The molecule has 33 heavy (non-hydrogen) atoms. The summed E-state index contributed by atoms with van der Waals surface area (Å²) >= 11 is 0. The van der Waals surface area contributed by atoms with E-state index in [1.807, 2.05) is 49.6 Å². The smallest absolute Gasteiger partial charge is 0.192 e. The molecular weight excluding hydrogens is 406 g/mol. The fraction of sp³-hybridized carbons (Fsp3) is 0.0345. The monoisotopic (exact) mass is 427 g/mol. The minimum atomic E-state index is 0.644. The van der Waals surface area contributed by atoms with E-state index in [9.17, 15) is 0 Å². The van der Waals surface area contributed by atoms with Crippen LogP contribution in [0.5, 0.6) is 0 Å². The molecule has 0 aliphatic carbocycles. The summed E-state index contributed by atoms with van der Waals surface area (Å²) in [6, 6.07) is 33.4. The van der Waals surface area contributed by atoms with Crippen molar-refractivity contribution in [2.45, 2.75) is 6.92 Å². The Balaban J connectivity index is 1.66. The van der Waals surface area contributed by atoms with Gasteiger partial charge in [-0.1, -0.05) is 84.9 Å². The Labute approximate surface area is 191 Å². The van der Waals surface area contributed by atoms with E-state index < -0.39 is 0 Å². The maximum absolute atomic E-state index is 5.98. The predicted octanol–water partition coefficient (Wildman–Crippen LogP) is 7.32. The van der Waals surface area contributed by atoms with Gasteiger partial charge in [0, 0.05) is 30.4 Å². The van der Waals surface area contributed by atoms with E-state index in [0.717, 1.165) is 50.4 Å². The topological polar surface area (TPSA) is 43.9 Å². The summed E-state index contributed by atoms with van der Waals surface area (Å²) in [5, 5.41) is 0. The molecule has 0 unspecified atom stereocenters. The molecule has 6 aromatic rings. The minimum absolute atomic E-state index is 0.644. The third kappa shape index (κ3) is 3.33. The van der Waals surface area contributed by atoms with E-state index in [1.54, 1.807) is 0 Å². The molecule has 4 aromatic carbocycles. The van der Waals surface area contributed by atoms with Crippen LogP contribution >= 0.6 is 0 Å². The largest absolute Gasteiger partial charge is 0.440 e. The fourth-order valence-electron chi connectivity index (χ4n) is 4.42. The van der Waals surface area contributed by atoms with Crippen molar-refractivity contribution < 1.29 is 4.42 Å². The van der Waals surface area contributed by atoms with Crippen molar-refractivity contribution in [2.75, 3.05) is 0 Å². The van der Waals surface area contributed by atoms with Gasteiger partial charge in [-0.05, 0) is 23.3 Å². The number of oxazole rings is 1. The molecule has 4 nitrogen and oxygen atoms in total. The highest BCUT2D eigenvalue weighted by molar-refractivity contribution is 5.91. The number of aryl methyl sites for hydroxylation is 1. The quantitative estimate of drug-likeness (QED) is 0.296. The molecule has 0 aliphatic rings. The normalized spacial score (nSPS) is 11.2. The second kappa shape index (κ2) is 7.92. The number of hydrogen-bond donors (Lipinski definition) is 0. The zero-order chi connectivity index (χ0) is 22.2. The molecule has 0 aliphatic heterocycles. The van der Waals surface area contributed by atoms with Gasteiger partial charge in [-0.2, -0.15) is 0 Å². The molecule has 0 bridgehead atoms. The average Bonchev–Trinajstić information content (AvgIpc) is 3.50. The van der Waals surface area contributed by atoms with Gasteiger partial charge in [0.05, 0.1) is 11.3 Å². The number of rotatable bonds is 4. The van der Waals surface area contributed by atoms with E-state index in [-0.39, 0.29) is 0 Å². The Kier molecular flexibility index (Phi) is 4.62. The zero-order valence-electron chi connectivity index (χ0n) is 18.1. The molecule has 0 fully saturated rings. The molecule has 0 saturated heterocycles. The van der Waals surface area contributed by atoms with Crippen LogP contribution in [0.2, 0.25) is 0 Å². The second-order valence-corrected chi connectivity index (χ2v) is 7.94. The van der Waals surface area contributed by atoms with Gasteiger partial charge in [-0.15, -0.1) is 0 Å². The van der Waals surface area contributed by atoms with Gasteiger partial charge in [0.2, 0.25) is 0 Å². The third-order valence-corrected chi connectivity index (χ3v) is 5.85. The van der Waals surface area contributed by atoms with Crippen LogP contribution < -0.4 is 0 Å². The zero-order valence-corrected chi connectivity index (χ0v) is 18.1. The van der Waals surface area contributed by atoms with Crippen molar-refractivity contribution in [1.82, 2.24) is 14.5 Å². The van der Waals surface area contributed by atoms with Crippen LogP contribution in [0.3, 0.4) is 0 Å². The van der Waals surface area contributed by atoms with E-state index in [0.29, 0.717) is 5.89 Å². The number of imidazole rings is 1. The standard InChI is InChI=1S/C29H21N3O/c1-20-31-26-17-9-16-25(28(26)33-20)29-30-18-19-32(29)27-23(21-10-4-2-5-11-21)14-8-15-24(27)22-12-6-3-7-13-22/h2-19H,1H3. The van der Waals surface area contributed by atoms with Crippen LogP contribution in [0.4, 0.5) is 0 Å². The van der Waals surface area contributed by atoms with Crippen molar-refractivity contribution in [3.05, 3.63) is 115 Å². The van der Waals surface area contributed by atoms with Gasteiger partial charge in [0.15, 0.2) is 11.5 Å². The van der Waals surface area contributed by atoms with E-state index in [1.165, 1.54) is 0 Å². The van der Waals surface area contributed by atoms with E-state index in [2.05, 4.69) is 76.3 Å². The van der Waals surface area contributed by atoms with Crippen molar-refractivity contribution in [2.24, 2.45) is 0 Å². The van der Waals surface area contributed by atoms with Crippen LogP contribution in [0, 0.1) is 6.92 Å². The number of aromatic nitrogens is 3. The highest BCUT2D eigenvalue weighted by atomic mass is 16.3. The number of fused-ring (bicyclic) bond motifs is 1. The first kappa shape index (κ1) is 19.3. The Morgan fingerprint density at radius 2 is 1.27 bits per heavy atom. The summed E-state index contributed by atoms with van der Waals surface area (Å²) in [7, 11) is 0. The molecule has 6 rings (SSSR count). The van der Waals surface area contributed by atoms with Gasteiger partial charge < -0.3 is 4.42 Å². The first-order valence-electron chi connectivity index (χ1n) is 10.9. The van der Waals surface area contributed by atoms with Gasteiger partial charge in [0.25, 0.3) is 0 Å². The molecule has 0 atom stereocenters. The summed E-state index contributed by atoms with van der Waals surface area (Å²) in [4.78, 5) is 9.28. The first-order chi connectivity index (χ1) is 16.3. The first-order valence-corrected chi connectivity index (χ1v) is 10.9. The van der Waals surface area contributed by atoms with Crippen molar-refractivity contribution in [1.29, 1.82) is 0 Å². The van der Waals surface area contributed by atoms with Crippen LogP contribution in [0.15, 0.2) is 114 Å². The van der Waals surface area contributed by atoms with E-state index in [4.69, 9.17) is 9.40 Å². The molecule has 0 amide bonds.